The Morgan fingerprint density at radius 3 is 2.58 bits per heavy atom. The highest BCUT2D eigenvalue weighted by Gasteiger charge is 2.41. The second kappa shape index (κ2) is 9.27. The Bertz CT molecular complexity index is 1510. The molecule has 10 nitrogen and oxygen atoms in total. The third kappa shape index (κ3) is 4.73. The number of hydrogen-bond acceptors (Lipinski definition) is 7. The molecule has 0 radical (unpaired) electrons. The fraction of sp³-hybridized carbons (Fsp3) is 0.533. The monoisotopic (exact) mass is 546 g/mol. The van der Waals surface area contributed by atoms with Crippen molar-refractivity contribution in [2.24, 2.45) is 5.92 Å². The standard InChI is InChI=1S/C30H38N6O4/c1-16(17-5-6-17)35-15-19-13-18(14-21(29(2,3)39)23(19)28(35)38)22-9-12-36-26(33-22)24(25(31)34-36)27(37)32-20-7-10-30(4,40)11-8-20/h9,12-14,16-17,20,39-40H,5-8,10-11,15H2,1-4H3,(H2,31,34)(H,32,37)/t16?,20-,30+. The zero-order valence-corrected chi connectivity index (χ0v) is 23.6. The Hall–Kier alpha value is -3.50. The predicted octanol–water partition coefficient (Wildman–Crippen LogP) is 3.38. The molecule has 0 bridgehead atoms. The predicted molar refractivity (Wildman–Crippen MR) is 150 cm³/mol. The van der Waals surface area contributed by atoms with Crippen LogP contribution in [-0.2, 0) is 12.1 Å². The number of aromatic nitrogens is 3. The lowest BCUT2D eigenvalue weighted by atomic mass is 9.83. The van der Waals surface area contributed by atoms with Crippen LogP contribution < -0.4 is 11.1 Å². The van der Waals surface area contributed by atoms with Gasteiger partial charge in [0, 0.05) is 30.4 Å². The van der Waals surface area contributed by atoms with Crippen molar-refractivity contribution in [2.75, 3.05) is 5.73 Å². The Labute approximate surface area is 233 Å². The van der Waals surface area contributed by atoms with E-state index in [9.17, 15) is 19.8 Å². The Morgan fingerprint density at radius 1 is 1.23 bits per heavy atom. The number of rotatable bonds is 6. The summed E-state index contributed by atoms with van der Waals surface area (Å²) in [4.78, 5) is 33.5. The molecule has 2 aromatic heterocycles. The molecular weight excluding hydrogens is 508 g/mol. The first-order chi connectivity index (χ1) is 18.8. The summed E-state index contributed by atoms with van der Waals surface area (Å²) in [5, 5.41) is 28.7. The van der Waals surface area contributed by atoms with E-state index in [2.05, 4.69) is 17.3 Å². The molecule has 2 amide bonds. The molecule has 1 unspecified atom stereocenters. The summed E-state index contributed by atoms with van der Waals surface area (Å²) < 4.78 is 1.49. The molecule has 2 fully saturated rings. The molecule has 2 saturated carbocycles. The maximum Gasteiger partial charge on any atom is 0.259 e. The van der Waals surface area contributed by atoms with Gasteiger partial charge in [0.15, 0.2) is 11.5 Å². The van der Waals surface area contributed by atoms with E-state index in [0.29, 0.717) is 60.6 Å². The summed E-state index contributed by atoms with van der Waals surface area (Å²) in [6.07, 6.45) is 6.59. The number of amides is 2. The summed E-state index contributed by atoms with van der Waals surface area (Å²) in [5.74, 6) is 0.246. The van der Waals surface area contributed by atoms with Gasteiger partial charge >= 0.3 is 0 Å². The maximum atomic E-state index is 13.5. The van der Waals surface area contributed by atoms with E-state index in [4.69, 9.17) is 10.7 Å². The molecule has 3 aromatic rings. The molecular formula is C30H38N6O4. The summed E-state index contributed by atoms with van der Waals surface area (Å²) in [7, 11) is 0. The van der Waals surface area contributed by atoms with Crippen molar-refractivity contribution in [1.82, 2.24) is 24.8 Å². The number of nitrogens with one attached hydrogen (secondary N) is 1. The lowest BCUT2D eigenvalue weighted by Gasteiger charge is -2.33. The first kappa shape index (κ1) is 26.7. The van der Waals surface area contributed by atoms with E-state index in [1.807, 2.05) is 24.0 Å². The zero-order chi connectivity index (χ0) is 28.6. The third-order valence-electron chi connectivity index (χ3n) is 8.92. The van der Waals surface area contributed by atoms with E-state index in [-0.39, 0.29) is 35.3 Å². The summed E-state index contributed by atoms with van der Waals surface area (Å²) >= 11 is 0. The van der Waals surface area contributed by atoms with Crippen molar-refractivity contribution in [3.8, 4) is 11.3 Å². The van der Waals surface area contributed by atoms with Crippen LogP contribution in [0, 0.1) is 5.92 Å². The van der Waals surface area contributed by atoms with Crippen LogP contribution in [0.25, 0.3) is 16.9 Å². The van der Waals surface area contributed by atoms with E-state index < -0.39 is 11.2 Å². The number of nitrogens with two attached hydrogens (primary N) is 1. The van der Waals surface area contributed by atoms with Crippen LogP contribution in [-0.4, -0.2) is 59.2 Å². The molecule has 3 aliphatic rings. The molecule has 0 spiro atoms. The maximum absolute atomic E-state index is 13.5. The molecule has 40 heavy (non-hydrogen) atoms. The number of nitrogens with zero attached hydrogens (tertiary/aromatic N) is 4. The first-order valence-corrected chi connectivity index (χ1v) is 14.2. The number of aliphatic hydroxyl groups is 2. The third-order valence-corrected chi connectivity index (χ3v) is 8.92. The lowest BCUT2D eigenvalue weighted by molar-refractivity contribution is 0.0140. The number of carbonyl (C=O) groups excluding carboxylic acids is 2. The highest BCUT2D eigenvalue weighted by molar-refractivity contribution is 6.04. The molecule has 1 aromatic carbocycles. The van der Waals surface area contributed by atoms with E-state index in [1.54, 1.807) is 26.1 Å². The van der Waals surface area contributed by atoms with Gasteiger partial charge in [-0.25, -0.2) is 9.50 Å². The minimum atomic E-state index is -1.24. The lowest BCUT2D eigenvalue weighted by Crippen LogP contribution is -2.42. The molecule has 212 valence electrons. The average Bonchev–Trinajstić information content (AvgIpc) is 3.61. The molecule has 0 saturated heterocycles. The van der Waals surface area contributed by atoms with E-state index in [1.165, 1.54) is 4.52 Å². The Morgan fingerprint density at radius 2 is 1.93 bits per heavy atom. The van der Waals surface area contributed by atoms with E-state index >= 15 is 0 Å². The summed E-state index contributed by atoms with van der Waals surface area (Å²) in [5.41, 5.74) is 8.13. The second-order valence-electron chi connectivity index (χ2n) is 12.7. The molecule has 5 N–H and O–H groups in total. The Kier molecular flexibility index (Phi) is 6.19. The molecule has 1 atom stereocenters. The highest BCUT2D eigenvalue weighted by atomic mass is 16.3. The number of carbonyl (C=O) groups is 2. The molecule has 10 heteroatoms. The number of benzene rings is 1. The van der Waals surface area contributed by atoms with Crippen LogP contribution in [0.2, 0.25) is 0 Å². The fourth-order valence-corrected chi connectivity index (χ4v) is 6.24. The molecule has 2 aliphatic carbocycles. The van der Waals surface area contributed by atoms with Crippen LogP contribution in [0.3, 0.4) is 0 Å². The van der Waals surface area contributed by atoms with Crippen LogP contribution in [0.15, 0.2) is 24.4 Å². The smallest absolute Gasteiger partial charge is 0.259 e. The number of nitrogen functional groups attached to an aromatic ring is 1. The SMILES string of the molecule is CC(C1CC1)N1Cc2cc(-c3ccn4nc(N)c(C(=O)N[C@H]5CC[C@@](C)(O)CC5)c4n3)cc(C(C)(C)O)c2C1=O. The fourth-order valence-electron chi connectivity index (χ4n) is 6.24. The molecule has 1 aliphatic heterocycles. The van der Waals surface area contributed by atoms with Crippen LogP contribution >= 0.6 is 0 Å². The van der Waals surface area contributed by atoms with Gasteiger partial charge in [-0.1, -0.05) is 0 Å². The number of fused-ring (bicyclic) bond motifs is 2. The molecule has 3 heterocycles. The van der Waals surface area contributed by atoms with Crippen LogP contribution in [0.4, 0.5) is 5.82 Å². The van der Waals surface area contributed by atoms with Crippen LogP contribution in [0.1, 0.15) is 98.1 Å². The van der Waals surface area contributed by atoms with Gasteiger partial charge in [0.2, 0.25) is 0 Å². The highest BCUT2D eigenvalue weighted by Crippen LogP contribution is 2.41. The quantitative estimate of drug-likeness (QED) is 0.371. The van der Waals surface area contributed by atoms with Gasteiger partial charge in [-0.05, 0) is 101 Å². The van der Waals surface area contributed by atoms with Crippen molar-refractivity contribution in [1.29, 1.82) is 0 Å². The van der Waals surface area contributed by atoms with Gasteiger partial charge in [0.05, 0.1) is 22.5 Å². The van der Waals surface area contributed by atoms with E-state index in [0.717, 1.165) is 24.0 Å². The number of hydrogen-bond donors (Lipinski definition) is 4. The normalized spacial score (nSPS) is 23.9. The van der Waals surface area contributed by atoms with Gasteiger partial charge in [-0.15, -0.1) is 5.10 Å². The Balaban J connectivity index is 1.36. The van der Waals surface area contributed by atoms with Crippen molar-refractivity contribution >= 4 is 23.3 Å². The summed E-state index contributed by atoms with van der Waals surface area (Å²) in [6, 6.07) is 5.68. The van der Waals surface area contributed by atoms with Crippen molar-refractivity contribution in [3.05, 3.63) is 46.6 Å². The van der Waals surface area contributed by atoms with Crippen molar-refractivity contribution in [2.45, 2.75) is 96.1 Å². The first-order valence-electron chi connectivity index (χ1n) is 14.2. The second-order valence-corrected chi connectivity index (χ2v) is 12.7. The van der Waals surface area contributed by atoms with Gasteiger partial charge in [-0.3, -0.25) is 9.59 Å². The number of anilines is 1. The van der Waals surface area contributed by atoms with Gasteiger partial charge in [-0.2, -0.15) is 0 Å². The minimum absolute atomic E-state index is 0.0340. The molecule has 6 rings (SSSR count). The average molecular weight is 547 g/mol. The topological polar surface area (TPSA) is 146 Å². The van der Waals surface area contributed by atoms with Gasteiger partial charge in [0.1, 0.15) is 5.56 Å². The summed E-state index contributed by atoms with van der Waals surface area (Å²) in [6.45, 7) is 7.80. The largest absolute Gasteiger partial charge is 0.390 e. The zero-order valence-electron chi connectivity index (χ0n) is 23.6. The van der Waals surface area contributed by atoms with Crippen molar-refractivity contribution in [3.63, 3.8) is 0 Å². The minimum Gasteiger partial charge on any atom is -0.390 e. The van der Waals surface area contributed by atoms with Crippen LogP contribution in [0.5, 0.6) is 0 Å². The van der Waals surface area contributed by atoms with Crippen molar-refractivity contribution < 1.29 is 19.8 Å². The van der Waals surface area contributed by atoms with Gasteiger partial charge in [0.25, 0.3) is 11.8 Å². The van der Waals surface area contributed by atoms with Gasteiger partial charge < -0.3 is 26.2 Å².